The van der Waals surface area contributed by atoms with Crippen LogP contribution in [0.5, 0.6) is 5.75 Å². The largest absolute Gasteiger partial charge is 0.435 e. The summed E-state index contributed by atoms with van der Waals surface area (Å²) in [6.45, 7) is -2.50. The number of amides is 1. The summed E-state index contributed by atoms with van der Waals surface area (Å²) < 4.78 is 65.3. The molecule has 0 aliphatic rings. The van der Waals surface area contributed by atoms with E-state index in [9.17, 15) is 26.7 Å². The first-order valence-corrected chi connectivity index (χ1v) is 5.26. The Bertz CT molecular complexity index is 471. The van der Waals surface area contributed by atoms with Crippen LogP contribution in [0.1, 0.15) is 6.92 Å². The molecule has 0 saturated heterocycles. The van der Waals surface area contributed by atoms with Gasteiger partial charge in [0.05, 0.1) is 0 Å². The average molecular weight is 298 g/mol. The molecule has 0 saturated carbocycles. The monoisotopic (exact) mass is 298 g/mol. The predicted molar refractivity (Wildman–Crippen MR) is 60.4 cm³/mol. The summed E-state index contributed by atoms with van der Waals surface area (Å²) in [5, 5.41) is 1.94. The second-order valence-electron chi connectivity index (χ2n) is 4.06. The van der Waals surface area contributed by atoms with Gasteiger partial charge in [0.15, 0.2) is 5.54 Å². The number of rotatable bonds is 4. The lowest BCUT2D eigenvalue weighted by Crippen LogP contribution is -2.59. The number of ether oxygens (including phenoxy) is 1. The first kappa shape index (κ1) is 16.2. The number of nitrogens with two attached hydrogens (primary N) is 1. The molecule has 0 bridgehead atoms. The highest BCUT2D eigenvalue weighted by Gasteiger charge is 2.53. The Balaban J connectivity index is 2.77. The number of carbonyl (C=O) groups is 1. The van der Waals surface area contributed by atoms with Crippen LogP contribution in [0.15, 0.2) is 24.3 Å². The molecule has 112 valence electrons. The second-order valence-corrected chi connectivity index (χ2v) is 4.06. The fraction of sp³-hybridized carbons (Fsp3) is 0.364. The van der Waals surface area contributed by atoms with Gasteiger partial charge in [0.25, 0.3) is 5.91 Å². The number of anilines is 1. The van der Waals surface area contributed by atoms with Gasteiger partial charge in [-0.2, -0.15) is 22.0 Å². The third-order valence-corrected chi connectivity index (χ3v) is 2.40. The topological polar surface area (TPSA) is 64.4 Å². The minimum absolute atomic E-state index is 0.0301. The predicted octanol–water partition coefficient (Wildman–Crippen LogP) is 2.51. The third kappa shape index (κ3) is 3.80. The molecule has 0 aromatic heterocycles. The highest BCUT2D eigenvalue weighted by Crippen LogP contribution is 2.29. The smallest absolute Gasteiger partial charge is 0.415 e. The van der Waals surface area contributed by atoms with Crippen molar-refractivity contribution in [3.8, 4) is 5.75 Å². The Morgan fingerprint density at radius 1 is 1.25 bits per heavy atom. The lowest BCUT2D eigenvalue weighted by Gasteiger charge is -2.26. The van der Waals surface area contributed by atoms with Crippen LogP contribution in [0.25, 0.3) is 0 Å². The van der Waals surface area contributed by atoms with Crippen LogP contribution < -0.4 is 15.8 Å². The van der Waals surface area contributed by atoms with Crippen LogP contribution in [0.4, 0.5) is 27.6 Å². The Morgan fingerprint density at radius 3 is 2.15 bits per heavy atom. The second kappa shape index (κ2) is 5.61. The number of carbonyl (C=O) groups excluding carboxylic acids is 1. The van der Waals surface area contributed by atoms with E-state index >= 15 is 0 Å². The summed E-state index contributed by atoms with van der Waals surface area (Å²) in [4.78, 5) is 11.4. The summed E-state index contributed by atoms with van der Waals surface area (Å²) in [5.74, 6) is -1.66. The van der Waals surface area contributed by atoms with Crippen molar-refractivity contribution in [2.75, 3.05) is 5.32 Å². The van der Waals surface area contributed by atoms with E-state index in [1.54, 1.807) is 0 Å². The van der Waals surface area contributed by atoms with Gasteiger partial charge in [0.2, 0.25) is 0 Å². The lowest BCUT2D eigenvalue weighted by atomic mass is 10.0. The van der Waals surface area contributed by atoms with Crippen molar-refractivity contribution in [3.63, 3.8) is 0 Å². The zero-order valence-electron chi connectivity index (χ0n) is 10.2. The molecule has 1 unspecified atom stereocenters. The van der Waals surface area contributed by atoms with E-state index in [-0.39, 0.29) is 11.4 Å². The minimum Gasteiger partial charge on any atom is -0.435 e. The maximum atomic E-state index is 12.5. The zero-order valence-corrected chi connectivity index (χ0v) is 10.2. The molecule has 0 spiro atoms. The lowest BCUT2D eigenvalue weighted by molar-refractivity contribution is -0.184. The van der Waals surface area contributed by atoms with Gasteiger partial charge in [0, 0.05) is 5.69 Å². The normalized spacial score (nSPS) is 14.8. The van der Waals surface area contributed by atoms with Gasteiger partial charge in [-0.25, -0.2) is 0 Å². The standard InChI is InChI=1S/C11H11F5N2O2/c1-10(17,11(14,15)16)8(19)18-6-2-4-7(5-3-6)20-9(12)13/h2-5,9H,17H2,1H3,(H,18,19). The van der Waals surface area contributed by atoms with Crippen LogP contribution in [-0.2, 0) is 4.79 Å². The molecule has 20 heavy (non-hydrogen) atoms. The molecule has 1 atom stereocenters. The first-order chi connectivity index (χ1) is 9.04. The van der Waals surface area contributed by atoms with Gasteiger partial charge in [-0.15, -0.1) is 0 Å². The van der Waals surface area contributed by atoms with E-state index in [2.05, 4.69) is 4.74 Å². The summed E-state index contributed by atoms with van der Waals surface area (Å²) in [6, 6.07) is 4.37. The van der Waals surface area contributed by atoms with Crippen molar-refractivity contribution >= 4 is 11.6 Å². The molecule has 0 aliphatic heterocycles. The Labute approximate surface area is 110 Å². The number of nitrogens with one attached hydrogen (secondary N) is 1. The molecular formula is C11H11F5N2O2. The highest BCUT2D eigenvalue weighted by atomic mass is 19.4. The maximum Gasteiger partial charge on any atom is 0.415 e. The summed E-state index contributed by atoms with van der Waals surface area (Å²) in [5.41, 5.74) is 1.83. The molecular weight excluding hydrogens is 287 g/mol. The van der Waals surface area contributed by atoms with Crippen LogP contribution in [0.3, 0.4) is 0 Å². The fourth-order valence-corrected chi connectivity index (χ4v) is 1.11. The highest BCUT2D eigenvalue weighted by molar-refractivity contribution is 5.98. The van der Waals surface area contributed by atoms with Gasteiger partial charge in [-0.3, -0.25) is 4.79 Å². The summed E-state index contributed by atoms with van der Waals surface area (Å²) >= 11 is 0. The van der Waals surface area contributed by atoms with Gasteiger partial charge in [0.1, 0.15) is 5.75 Å². The van der Waals surface area contributed by atoms with Crippen LogP contribution in [0, 0.1) is 0 Å². The molecule has 1 amide bonds. The molecule has 4 nitrogen and oxygen atoms in total. The summed E-state index contributed by atoms with van der Waals surface area (Å²) in [6.07, 6.45) is -4.92. The van der Waals surface area contributed by atoms with Gasteiger partial charge in [-0.05, 0) is 31.2 Å². The fourth-order valence-electron chi connectivity index (χ4n) is 1.11. The Kier molecular flexibility index (Phi) is 4.53. The molecule has 3 N–H and O–H groups in total. The van der Waals surface area contributed by atoms with Crippen molar-refractivity contribution in [1.29, 1.82) is 0 Å². The van der Waals surface area contributed by atoms with Gasteiger partial charge in [-0.1, -0.05) is 0 Å². The van der Waals surface area contributed by atoms with Crippen LogP contribution in [0.2, 0.25) is 0 Å². The van der Waals surface area contributed by atoms with Crippen molar-refractivity contribution in [2.45, 2.75) is 25.3 Å². The minimum atomic E-state index is -4.92. The molecule has 1 aromatic carbocycles. The Morgan fingerprint density at radius 2 is 1.75 bits per heavy atom. The van der Waals surface area contributed by atoms with Crippen molar-refractivity contribution < 1.29 is 31.5 Å². The number of hydrogen-bond donors (Lipinski definition) is 2. The van der Waals surface area contributed by atoms with Crippen molar-refractivity contribution in [3.05, 3.63) is 24.3 Å². The van der Waals surface area contributed by atoms with E-state index in [1.807, 2.05) is 5.32 Å². The number of benzene rings is 1. The number of halogens is 5. The summed E-state index contributed by atoms with van der Waals surface area (Å²) in [7, 11) is 0. The molecule has 1 rings (SSSR count). The molecule has 0 fully saturated rings. The van der Waals surface area contributed by atoms with Crippen LogP contribution >= 0.6 is 0 Å². The molecule has 0 heterocycles. The number of hydrogen-bond acceptors (Lipinski definition) is 3. The third-order valence-electron chi connectivity index (χ3n) is 2.40. The molecule has 9 heteroatoms. The first-order valence-electron chi connectivity index (χ1n) is 5.26. The van der Waals surface area contributed by atoms with E-state index in [0.29, 0.717) is 6.92 Å². The van der Waals surface area contributed by atoms with E-state index < -0.39 is 24.2 Å². The molecule has 0 radical (unpaired) electrons. The Hall–Kier alpha value is -1.90. The van der Waals surface area contributed by atoms with Crippen molar-refractivity contribution in [2.24, 2.45) is 5.73 Å². The van der Waals surface area contributed by atoms with E-state index in [4.69, 9.17) is 5.73 Å². The van der Waals surface area contributed by atoms with Gasteiger partial charge >= 0.3 is 12.8 Å². The quantitative estimate of drug-likeness (QED) is 0.839. The van der Waals surface area contributed by atoms with Crippen LogP contribution in [-0.4, -0.2) is 24.2 Å². The molecule has 1 aromatic rings. The molecule has 0 aliphatic carbocycles. The van der Waals surface area contributed by atoms with E-state index in [1.165, 1.54) is 0 Å². The maximum absolute atomic E-state index is 12.5. The van der Waals surface area contributed by atoms with Gasteiger partial charge < -0.3 is 15.8 Å². The zero-order chi connectivity index (χ0) is 15.6. The van der Waals surface area contributed by atoms with E-state index in [0.717, 1.165) is 24.3 Å². The number of alkyl halides is 5. The average Bonchev–Trinajstić information content (AvgIpc) is 2.29. The SMILES string of the molecule is CC(N)(C(=O)Nc1ccc(OC(F)F)cc1)C(F)(F)F. The van der Waals surface area contributed by atoms with Crippen molar-refractivity contribution in [1.82, 2.24) is 0 Å².